The molecule has 2 N–H and O–H groups in total. The molecule has 2 fully saturated rings. The summed E-state index contributed by atoms with van der Waals surface area (Å²) in [5.74, 6) is -1.02. The Morgan fingerprint density at radius 1 is 0.967 bits per heavy atom. The average Bonchev–Trinajstić information content (AvgIpc) is 3.03. The van der Waals surface area contributed by atoms with Gasteiger partial charge in [-0.2, -0.15) is 0 Å². The standard InChI is InChI=1S/C22H25N5O3/c1-13-4-5-14(2)27(13)16-6-7-17-15(10-16)11-22(18-12-25(3)8-9-26(17)18)19(28)23-21(30)24-20(22)29/h4-7,10,18H,8-9,11-12H2,1-3H3,(H2,23,24,28,29,30)/t18-/m1/s1. The zero-order valence-corrected chi connectivity index (χ0v) is 17.4. The summed E-state index contributed by atoms with van der Waals surface area (Å²) in [7, 11) is 1.99. The van der Waals surface area contributed by atoms with E-state index in [-0.39, 0.29) is 12.5 Å². The number of rotatable bonds is 1. The molecule has 0 aliphatic carbocycles. The summed E-state index contributed by atoms with van der Waals surface area (Å²) in [5.41, 5.74) is 3.91. The second kappa shape index (κ2) is 6.43. The highest BCUT2D eigenvalue weighted by atomic mass is 16.2. The third-order valence-electron chi connectivity index (χ3n) is 6.79. The van der Waals surface area contributed by atoms with Gasteiger partial charge in [-0.15, -0.1) is 0 Å². The molecule has 1 aromatic carbocycles. The predicted molar refractivity (Wildman–Crippen MR) is 112 cm³/mol. The molecule has 2 aromatic rings. The number of likely N-dealkylation sites (N-methyl/N-ethyl adjacent to an activating group) is 1. The Labute approximate surface area is 174 Å². The van der Waals surface area contributed by atoms with E-state index in [0.717, 1.165) is 34.9 Å². The maximum atomic E-state index is 13.1. The lowest BCUT2D eigenvalue weighted by Gasteiger charge is -2.53. The number of piperazine rings is 1. The summed E-state index contributed by atoms with van der Waals surface area (Å²) in [4.78, 5) is 42.4. The Morgan fingerprint density at radius 3 is 2.30 bits per heavy atom. The molecule has 1 aromatic heterocycles. The van der Waals surface area contributed by atoms with Crippen molar-refractivity contribution in [1.29, 1.82) is 0 Å². The molecule has 30 heavy (non-hydrogen) atoms. The van der Waals surface area contributed by atoms with Crippen molar-refractivity contribution in [3.8, 4) is 5.69 Å². The second-order valence-corrected chi connectivity index (χ2v) is 8.62. The van der Waals surface area contributed by atoms with Crippen molar-refractivity contribution in [1.82, 2.24) is 20.1 Å². The number of fused-ring (bicyclic) bond motifs is 4. The first kappa shape index (κ1) is 18.9. The van der Waals surface area contributed by atoms with Crippen LogP contribution < -0.4 is 15.5 Å². The number of hydrogen-bond acceptors (Lipinski definition) is 5. The molecule has 0 bridgehead atoms. The number of anilines is 1. The number of aryl methyl sites for hydroxylation is 2. The van der Waals surface area contributed by atoms with E-state index >= 15 is 0 Å². The van der Waals surface area contributed by atoms with Gasteiger partial charge in [0.15, 0.2) is 5.41 Å². The quantitative estimate of drug-likeness (QED) is 0.692. The fourth-order valence-corrected chi connectivity index (χ4v) is 5.28. The topological polar surface area (TPSA) is 86.7 Å². The first-order chi connectivity index (χ1) is 14.3. The first-order valence-electron chi connectivity index (χ1n) is 10.2. The van der Waals surface area contributed by atoms with Crippen LogP contribution in [-0.4, -0.2) is 60.0 Å². The Morgan fingerprint density at radius 2 is 1.63 bits per heavy atom. The molecule has 4 heterocycles. The van der Waals surface area contributed by atoms with E-state index in [9.17, 15) is 14.4 Å². The van der Waals surface area contributed by atoms with Crippen LogP contribution in [-0.2, 0) is 16.0 Å². The molecule has 8 heteroatoms. The molecule has 2 saturated heterocycles. The van der Waals surface area contributed by atoms with E-state index in [1.165, 1.54) is 0 Å². The number of nitrogens with zero attached hydrogens (tertiary/aromatic N) is 3. The van der Waals surface area contributed by atoms with Crippen LogP contribution in [0.3, 0.4) is 0 Å². The smallest absolute Gasteiger partial charge is 0.328 e. The van der Waals surface area contributed by atoms with Crippen LogP contribution in [0, 0.1) is 19.3 Å². The normalized spacial score (nSPS) is 23.1. The zero-order chi connectivity index (χ0) is 21.2. The van der Waals surface area contributed by atoms with Crippen LogP contribution in [0.2, 0.25) is 0 Å². The van der Waals surface area contributed by atoms with Gasteiger partial charge in [-0.25, -0.2) is 4.79 Å². The molecule has 3 aliphatic rings. The Balaban J connectivity index is 1.67. The Bertz CT molecular complexity index is 1050. The SMILES string of the molecule is Cc1ccc(C)n1-c1ccc2c(c1)CC1(C(=O)NC(=O)NC1=O)[C@H]1CN(C)CCN21. The minimum Gasteiger partial charge on any atom is -0.364 e. The number of hydrogen-bond donors (Lipinski definition) is 2. The van der Waals surface area contributed by atoms with Crippen molar-refractivity contribution in [3.63, 3.8) is 0 Å². The minimum absolute atomic E-state index is 0.259. The molecule has 156 valence electrons. The predicted octanol–water partition coefficient (Wildman–Crippen LogP) is 1.12. The van der Waals surface area contributed by atoms with E-state index in [2.05, 4.69) is 69.2 Å². The largest absolute Gasteiger partial charge is 0.364 e. The maximum Gasteiger partial charge on any atom is 0.328 e. The van der Waals surface area contributed by atoms with E-state index in [1.807, 2.05) is 7.05 Å². The van der Waals surface area contributed by atoms with Gasteiger partial charge in [0.05, 0.1) is 6.04 Å². The van der Waals surface area contributed by atoms with E-state index < -0.39 is 23.3 Å². The lowest BCUT2D eigenvalue weighted by atomic mass is 9.68. The molecule has 4 amide bonds. The lowest BCUT2D eigenvalue weighted by molar-refractivity contribution is -0.147. The molecule has 0 unspecified atom stereocenters. The number of urea groups is 1. The van der Waals surface area contributed by atoms with Gasteiger partial charge in [0.1, 0.15) is 0 Å². The van der Waals surface area contributed by atoms with Crippen molar-refractivity contribution < 1.29 is 14.4 Å². The molecule has 3 aliphatic heterocycles. The van der Waals surface area contributed by atoms with Gasteiger partial charge in [0.2, 0.25) is 11.8 Å². The minimum atomic E-state index is -1.34. The first-order valence-corrected chi connectivity index (χ1v) is 10.2. The summed E-state index contributed by atoms with van der Waals surface area (Å²) < 4.78 is 2.16. The lowest BCUT2D eigenvalue weighted by Crippen LogP contribution is -2.74. The summed E-state index contributed by atoms with van der Waals surface area (Å²) >= 11 is 0. The summed E-state index contributed by atoms with van der Waals surface area (Å²) in [5, 5.41) is 4.70. The van der Waals surface area contributed by atoms with Crippen LogP contribution in [0.4, 0.5) is 10.5 Å². The van der Waals surface area contributed by atoms with E-state index in [0.29, 0.717) is 13.1 Å². The van der Waals surface area contributed by atoms with Crippen LogP contribution in [0.5, 0.6) is 0 Å². The molecule has 0 radical (unpaired) electrons. The van der Waals surface area contributed by atoms with Gasteiger partial charge >= 0.3 is 6.03 Å². The van der Waals surface area contributed by atoms with Crippen molar-refractivity contribution in [2.45, 2.75) is 26.3 Å². The van der Waals surface area contributed by atoms with E-state index in [4.69, 9.17) is 0 Å². The Hall–Kier alpha value is -3.13. The van der Waals surface area contributed by atoms with Gasteiger partial charge in [0.25, 0.3) is 0 Å². The average molecular weight is 407 g/mol. The zero-order valence-electron chi connectivity index (χ0n) is 17.4. The van der Waals surface area contributed by atoms with Crippen molar-refractivity contribution >= 4 is 23.5 Å². The fraction of sp³-hybridized carbons (Fsp3) is 0.409. The summed E-state index contributed by atoms with van der Waals surface area (Å²) in [6.07, 6.45) is 0.259. The summed E-state index contributed by atoms with van der Waals surface area (Å²) in [6, 6.07) is 9.32. The van der Waals surface area contributed by atoms with Crippen molar-refractivity contribution in [2.75, 3.05) is 31.6 Å². The van der Waals surface area contributed by atoms with Crippen LogP contribution in [0.15, 0.2) is 30.3 Å². The van der Waals surface area contributed by atoms with Gasteiger partial charge in [-0.1, -0.05) is 0 Å². The fourth-order valence-electron chi connectivity index (χ4n) is 5.28. The van der Waals surface area contributed by atoms with Crippen molar-refractivity contribution in [2.24, 2.45) is 5.41 Å². The molecule has 1 spiro atoms. The number of carbonyl (C=O) groups is 3. The monoisotopic (exact) mass is 407 g/mol. The molecular weight excluding hydrogens is 382 g/mol. The highest BCUT2D eigenvalue weighted by Gasteiger charge is 2.60. The second-order valence-electron chi connectivity index (χ2n) is 8.62. The van der Waals surface area contributed by atoms with Crippen LogP contribution in [0.1, 0.15) is 17.0 Å². The number of imide groups is 2. The van der Waals surface area contributed by atoms with Gasteiger partial charge in [-0.05, 0) is 63.2 Å². The number of benzene rings is 1. The summed E-state index contributed by atoms with van der Waals surface area (Å²) in [6.45, 7) is 6.24. The van der Waals surface area contributed by atoms with Crippen LogP contribution in [0.25, 0.3) is 5.69 Å². The number of aromatic nitrogens is 1. The van der Waals surface area contributed by atoms with Gasteiger partial charge in [-0.3, -0.25) is 20.2 Å². The molecule has 1 atom stereocenters. The maximum absolute atomic E-state index is 13.1. The highest BCUT2D eigenvalue weighted by molar-refractivity contribution is 6.20. The molecule has 0 saturated carbocycles. The molecule has 5 rings (SSSR count). The van der Waals surface area contributed by atoms with E-state index in [1.54, 1.807) is 0 Å². The number of amides is 4. The van der Waals surface area contributed by atoms with Crippen LogP contribution >= 0.6 is 0 Å². The third kappa shape index (κ3) is 2.53. The highest BCUT2D eigenvalue weighted by Crippen LogP contribution is 2.45. The van der Waals surface area contributed by atoms with Gasteiger partial charge < -0.3 is 14.4 Å². The van der Waals surface area contributed by atoms with Gasteiger partial charge in [0, 0.05) is 42.4 Å². The number of barbiturate groups is 1. The Kier molecular flexibility index (Phi) is 4.05. The number of nitrogens with one attached hydrogen (secondary N) is 2. The molecule has 8 nitrogen and oxygen atoms in total. The van der Waals surface area contributed by atoms with Crippen molar-refractivity contribution in [3.05, 3.63) is 47.3 Å². The molecular formula is C22H25N5O3. The number of carbonyl (C=O) groups excluding carboxylic acids is 3. The third-order valence-corrected chi connectivity index (χ3v) is 6.79.